The van der Waals surface area contributed by atoms with Crippen LogP contribution in [0.4, 0.5) is 4.79 Å². The molecule has 0 bridgehead atoms. The van der Waals surface area contributed by atoms with Crippen LogP contribution >= 0.6 is 17.0 Å². The van der Waals surface area contributed by atoms with Gasteiger partial charge in [0.15, 0.2) is 0 Å². The second kappa shape index (κ2) is 7.96. The lowest BCUT2D eigenvalue weighted by Crippen LogP contribution is -2.18. The lowest BCUT2D eigenvalue weighted by Gasteiger charge is -1.62. The number of hydrogen-bond donors (Lipinski definition) is 3. The van der Waals surface area contributed by atoms with E-state index in [4.69, 9.17) is 4.79 Å². The number of nitrogens with zero attached hydrogens (tertiary/aromatic N) is 1. The molecule has 6 heteroatoms. The minimum Gasteiger partial charge on any atom is -0.352 e. The van der Waals surface area contributed by atoms with Gasteiger partial charge in [-0.3, -0.25) is 0 Å². The standard InChI is InChI=1S/C3H4N2.CH4N2O.BrH/c1-2-5-3-4-1;2-1(3)4;/h1-3H,(H,4,5);(H4,2,3,4);1H. The van der Waals surface area contributed by atoms with Crippen LogP contribution in [0.15, 0.2) is 18.7 Å². The van der Waals surface area contributed by atoms with Crippen molar-refractivity contribution in [1.82, 2.24) is 9.97 Å². The summed E-state index contributed by atoms with van der Waals surface area (Å²) in [6.45, 7) is 0. The number of nitrogens with one attached hydrogen (secondary N) is 1. The minimum atomic E-state index is -0.833. The first-order chi connectivity index (χ1) is 4.23. The van der Waals surface area contributed by atoms with Crippen LogP contribution in [0.25, 0.3) is 0 Å². The molecule has 5 N–H and O–H groups in total. The van der Waals surface area contributed by atoms with Crippen LogP contribution in [-0.2, 0) is 0 Å². The van der Waals surface area contributed by atoms with Gasteiger partial charge >= 0.3 is 6.03 Å². The van der Waals surface area contributed by atoms with Crippen molar-refractivity contribution >= 4 is 23.0 Å². The molecule has 0 saturated heterocycles. The van der Waals surface area contributed by atoms with E-state index in [0.29, 0.717) is 0 Å². The molecule has 1 aromatic heterocycles. The lowest BCUT2D eigenvalue weighted by molar-refractivity contribution is 0.256. The third-order valence-corrected chi connectivity index (χ3v) is 0.406. The van der Waals surface area contributed by atoms with Gasteiger partial charge in [-0.1, -0.05) is 0 Å². The first kappa shape index (κ1) is 11.7. The van der Waals surface area contributed by atoms with Crippen LogP contribution in [-0.4, -0.2) is 16.0 Å². The first-order valence-corrected chi connectivity index (χ1v) is 2.21. The van der Waals surface area contributed by atoms with Crippen LogP contribution in [0.5, 0.6) is 0 Å². The second-order valence-corrected chi connectivity index (χ2v) is 1.16. The Morgan fingerprint density at radius 2 is 2.00 bits per heavy atom. The fourth-order valence-corrected chi connectivity index (χ4v) is 0.215. The van der Waals surface area contributed by atoms with E-state index in [9.17, 15) is 0 Å². The monoisotopic (exact) mass is 208 g/mol. The highest BCUT2D eigenvalue weighted by atomic mass is 79.9. The lowest BCUT2D eigenvalue weighted by atomic mass is 11.0. The van der Waals surface area contributed by atoms with Gasteiger partial charge in [0, 0.05) is 12.4 Å². The summed E-state index contributed by atoms with van der Waals surface area (Å²) in [6.07, 6.45) is 5.08. The summed E-state index contributed by atoms with van der Waals surface area (Å²) < 4.78 is 0. The maximum atomic E-state index is 9.00. The smallest absolute Gasteiger partial charge is 0.309 e. The molecule has 0 fully saturated rings. The van der Waals surface area contributed by atoms with Crippen LogP contribution in [0.2, 0.25) is 0 Å². The van der Waals surface area contributed by atoms with E-state index in [1.54, 1.807) is 18.7 Å². The van der Waals surface area contributed by atoms with Gasteiger partial charge in [-0.25, -0.2) is 9.78 Å². The maximum Gasteiger partial charge on any atom is 0.309 e. The summed E-state index contributed by atoms with van der Waals surface area (Å²) in [5.74, 6) is 0. The number of urea groups is 1. The summed E-state index contributed by atoms with van der Waals surface area (Å²) >= 11 is 0. The molecule has 5 nitrogen and oxygen atoms in total. The molecule has 1 rings (SSSR count). The quantitative estimate of drug-likeness (QED) is 0.560. The molecule has 58 valence electrons. The summed E-state index contributed by atoms with van der Waals surface area (Å²) in [7, 11) is 0. The van der Waals surface area contributed by atoms with E-state index in [1.807, 2.05) is 0 Å². The average molecular weight is 209 g/mol. The number of hydrogen-bond acceptors (Lipinski definition) is 2. The predicted octanol–water partition coefficient (Wildman–Crippen LogP) is 0.0114. The summed E-state index contributed by atoms with van der Waals surface area (Å²) in [6, 6.07) is -0.833. The van der Waals surface area contributed by atoms with Crippen molar-refractivity contribution in [3.05, 3.63) is 18.7 Å². The molecule has 0 radical (unpaired) electrons. The molecule has 0 aliphatic carbocycles. The van der Waals surface area contributed by atoms with Crippen molar-refractivity contribution in [3.8, 4) is 0 Å². The normalized spacial score (nSPS) is 6.40. The Morgan fingerprint density at radius 1 is 1.50 bits per heavy atom. The van der Waals surface area contributed by atoms with E-state index < -0.39 is 6.03 Å². The molecule has 0 unspecified atom stereocenters. The van der Waals surface area contributed by atoms with Gasteiger partial charge in [0.2, 0.25) is 0 Å². The van der Waals surface area contributed by atoms with Crippen LogP contribution in [0.3, 0.4) is 0 Å². The fourth-order valence-electron chi connectivity index (χ4n) is 0.215. The Labute approximate surface area is 68.6 Å². The number of halogens is 1. The van der Waals surface area contributed by atoms with Crippen molar-refractivity contribution in [1.29, 1.82) is 0 Å². The van der Waals surface area contributed by atoms with Gasteiger partial charge in [0.25, 0.3) is 0 Å². The number of imidazole rings is 1. The number of carbonyl (C=O) groups excluding carboxylic acids is 1. The third kappa shape index (κ3) is 15.8. The van der Waals surface area contributed by atoms with Crippen molar-refractivity contribution in [2.75, 3.05) is 0 Å². The highest BCUT2D eigenvalue weighted by molar-refractivity contribution is 8.93. The molecule has 2 amide bonds. The number of nitrogens with two attached hydrogens (primary N) is 2. The largest absolute Gasteiger partial charge is 0.352 e. The number of carbonyl (C=O) groups is 1. The Balaban J connectivity index is 0. The van der Waals surface area contributed by atoms with Crippen LogP contribution in [0.1, 0.15) is 0 Å². The molecule has 0 saturated carbocycles. The molecular formula is C4H9BrN4O. The van der Waals surface area contributed by atoms with E-state index in [1.165, 1.54) is 0 Å². The topological polar surface area (TPSA) is 97.8 Å². The zero-order valence-corrected chi connectivity index (χ0v) is 6.86. The first-order valence-electron chi connectivity index (χ1n) is 2.21. The number of aromatic nitrogens is 2. The molecule has 0 aromatic carbocycles. The molecule has 10 heavy (non-hydrogen) atoms. The zero-order chi connectivity index (χ0) is 7.11. The van der Waals surface area contributed by atoms with Crippen molar-refractivity contribution in [2.45, 2.75) is 0 Å². The Morgan fingerprint density at radius 3 is 2.10 bits per heavy atom. The van der Waals surface area contributed by atoms with Gasteiger partial charge in [-0.2, -0.15) is 0 Å². The average Bonchev–Trinajstić information content (AvgIpc) is 2.11. The second-order valence-electron chi connectivity index (χ2n) is 1.16. The number of amides is 2. The Hall–Kier alpha value is -1.04. The highest BCUT2D eigenvalue weighted by Crippen LogP contribution is 1.62. The SMILES string of the molecule is Br.NC(N)=O.c1c[nH]cn1. The number of H-pyrrole nitrogens is 1. The van der Waals surface area contributed by atoms with Gasteiger partial charge in [0.1, 0.15) is 0 Å². The van der Waals surface area contributed by atoms with Gasteiger partial charge < -0.3 is 16.5 Å². The summed E-state index contributed by atoms with van der Waals surface area (Å²) in [4.78, 5) is 15.4. The zero-order valence-electron chi connectivity index (χ0n) is 5.15. The predicted molar refractivity (Wildman–Crippen MR) is 42.7 cm³/mol. The number of aromatic amines is 1. The minimum absolute atomic E-state index is 0. The number of primary amides is 2. The van der Waals surface area contributed by atoms with Gasteiger partial charge in [-0.15, -0.1) is 17.0 Å². The molecular weight excluding hydrogens is 200 g/mol. The van der Waals surface area contributed by atoms with Crippen LogP contribution < -0.4 is 11.5 Å². The molecule has 1 aromatic rings. The summed E-state index contributed by atoms with van der Waals surface area (Å²) in [5, 5.41) is 0. The van der Waals surface area contributed by atoms with Crippen LogP contribution in [0, 0.1) is 0 Å². The molecule has 0 aliphatic rings. The van der Waals surface area contributed by atoms with Gasteiger partial charge in [0.05, 0.1) is 6.33 Å². The molecule has 1 heterocycles. The van der Waals surface area contributed by atoms with Gasteiger partial charge in [-0.05, 0) is 0 Å². The maximum absolute atomic E-state index is 9.00. The highest BCUT2D eigenvalue weighted by Gasteiger charge is 1.60. The molecule has 0 aliphatic heterocycles. The van der Waals surface area contributed by atoms with Crippen molar-refractivity contribution in [3.63, 3.8) is 0 Å². The summed E-state index contributed by atoms with van der Waals surface area (Å²) in [5.41, 5.74) is 8.50. The molecule has 0 spiro atoms. The molecule has 0 atom stereocenters. The van der Waals surface area contributed by atoms with E-state index >= 15 is 0 Å². The Bertz CT molecular complexity index is 131. The third-order valence-electron chi connectivity index (χ3n) is 0.406. The van der Waals surface area contributed by atoms with E-state index in [0.717, 1.165) is 0 Å². The van der Waals surface area contributed by atoms with E-state index in [-0.39, 0.29) is 17.0 Å². The fraction of sp³-hybridized carbons (Fsp3) is 0. The van der Waals surface area contributed by atoms with Crippen molar-refractivity contribution < 1.29 is 4.79 Å². The van der Waals surface area contributed by atoms with Crippen molar-refractivity contribution in [2.24, 2.45) is 11.5 Å². The number of rotatable bonds is 0. The Kier molecular flexibility index (Phi) is 9.33. The van der Waals surface area contributed by atoms with E-state index in [2.05, 4.69) is 21.4 Å².